The normalized spacial score (nSPS) is 36.6. The molecule has 4 heteroatoms. The molecule has 0 radical (unpaired) electrons. The van der Waals surface area contributed by atoms with Crippen LogP contribution in [0.15, 0.2) is 18.1 Å². The quantitative estimate of drug-likeness (QED) is 0.867. The van der Waals surface area contributed by atoms with Crippen LogP contribution < -0.4 is 10.1 Å². The van der Waals surface area contributed by atoms with E-state index in [-0.39, 0.29) is 0 Å². The van der Waals surface area contributed by atoms with E-state index in [1.54, 1.807) is 5.32 Å². The molecule has 1 fully saturated rings. The summed E-state index contributed by atoms with van der Waals surface area (Å²) in [6.45, 7) is -12.3. The molecule has 1 aromatic carbocycles. The first-order valence-corrected chi connectivity index (χ1v) is 4.13. The molecule has 1 amide bonds. The first-order chi connectivity index (χ1) is 12.8. The van der Waals surface area contributed by atoms with Crippen molar-refractivity contribution in [3.05, 3.63) is 29.3 Å². The Hall–Kier alpha value is -1.71. The van der Waals surface area contributed by atoms with Gasteiger partial charge in [-0.15, -0.1) is 0 Å². The Morgan fingerprint density at radius 3 is 3.00 bits per heavy atom. The van der Waals surface area contributed by atoms with Gasteiger partial charge in [0.05, 0.1) is 16.1 Å². The lowest BCUT2D eigenvalue weighted by atomic mass is 10.1. The molecular formula is C12H15NO3. The van der Waals surface area contributed by atoms with Crippen molar-refractivity contribution in [3.63, 3.8) is 0 Å². The Balaban J connectivity index is 2.71. The summed E-state index contributed by atoms with van der Waals surface area (Å²) in [5.74, 6) is -1.14. The summed E-state index contributed by atoms with van der Waals surface area (Å²) in [5.41, 5.74) is -2.15. The van der Waals surface area contributed by atoms with Crippen LogP contribution in [0.3, 0.4) is 0 Å². The predicted octanol–water partition coefficient (Wildman–Crippen LogP) is 1.79. The van der Waals surface area contributed by atoms with Crippen LogP contribution in [0.4, 0.5) is 4.79 Å². The van der Waals surface area contributed by atoms with Crippen LogP contribution in [0, 0.1) is 13.7 Å². The van der Waals surface area contributed by atoms with Gasteiger partial charge in [-0.05, 0) is 36.9 Å². The molecule has 0 aromatic heterocycles. The van der Waals surface area contributed by atoms with E-state index >= 15 is 0 Å². The number of alkyl carbamates (subject to hydrolysis) is 1. The van der Waals surface area contributed by atoms with Gasteiger partial charge in [0.15, 0.2) is 6.10 Å². The topological polar surface area (TPSA) is 47.6 Å². The molecular weight excluding hydrogens is 206 g/mol. The van der Waals surface area contributed by atoms with E-state index in [9.17, 15) is 4.79 Å². The van der Waals surface area contributed by atoms with Crippen molar-refractivity contribution >= 4 is 6.09 Å². The molecule has 1 aromatic rings. The Kier molecular flexibility index (Phi) is 0.873. The lowest BCUT2D eigenvalue weighted by Gasteiger charge is -2.11. The molecule has 1 N–H and O–H groups in total. The zero-order chi connectivity index (χ0) is 22.7. The average molecular weight is 234 g/mol. The molecule has 0 saturated carbocycles. The second kappa shape index (κ2) is 4.43. The third-order valence-corrected chi connectivity index (χ3v) is 1.53. The lowest BCUT2D eigenvalue weighted by molar-refractivity contribution is 0.105. The Morgan fingerprint density at radius 1 is 1.69 bits per heavy atom. The highest BCUT2D eigenvalue weighted by atomic mass is 16.6. The van der Waals surface area contributed by atoms with Gasteiger partial charge >= 0.3 is 6.09 Å². The molecule has 16 heavy (non-hydrogen) atoms. The molecule has 1 heterocycles. The van der Waals surface area contributed by atoms with Gasteiger partial charge in [-0.1, -0.05) is 6.04 Å². The fraction of sp³-hybridized carbons (Fsp3) is 0.417. The highest BCUT2D eigenvalue weighted by Crippen LogP contribution is 2.16. The van der Waals surface area contributed by atoms with Gasteiger partial charge in [-0.3, -0.25) is 0 Å². The first-order valence-electron chi connectivity index (χ1n) is 10.6. The number of nitrogens with one attached hydrogen (secondary N) is 1. The highest BCUT2D eigenvalue weighted by Gasteiger charge is 2.22. The van der Waals surface area contributed by atoms with Crippen molar-refractivity contribution in [2.24, 2.45) is 0 Å². The number of rotatable bonds is 3. The number of carbonyl (C=O) groups excluding carboxylic acids is 1. The van der Waals surface area contributed by atoms with Gasteiger partial charge in [-0.25, -0.2) is 4.79 Å². The van der Waals surface area contributed by atoms with Crippen molar-refractivity contribution in [1.29, 1.82) is 0 Å². The number of hydrogen-bond acceptors (Lipinski definition) is 3. The van der Waals surface area contributed by atoms with Gasteiger partial charge in [0, 0.05) is 8.22 Å². The Bertz CT molecular complexity index is 804. The smallest absolute Gasteiger partial charge is 0.407 e. The van der Waals surface area contributed by atoms with Gasteiger partial charge < -0.3 is 14.8 Å². The molecule has 1 aliphatic heterocycles. The van der Waals surface area contributed by atoms with Gasteiger partial charge in [-0.2, -0.15) is 0 Å². The third-order valence-electron chi connectivity index (χ3n) is 1.53. The van der Waals surface area contributed by atoms with Crippen molar-refractivity contribution in [2.75, 3.05) is 13.1 Å². The summed E-state index contributed by atoms with van der Waals surface area (Å²) >= 11 is 0. The zero-order valence-electron chi connectivity index (χ0n) is 20.8. The van der Waals surface area contributed by atoms with Crippen LogP contribution in [0.25, 0.3) is 0 Å². The van der Waals surface area contributed by atoms with E-state index in [1.165, 1.54) is 0 Å². The van der Waals surface area contributed by atoms with E-state index in [1.807, 2.05) is 0 Å². The highest BCUT2D eigenvalue weighted by molar-refractivity contribution is 5.69. The average Bonchev–Trinajstić information content (AvgIpc) is 2.74. The lowest BCUT2D eigenvalue weighted by Crippen LogP contribution is -2.21. The van der Waals surface area contributed by atoms with Crippen LogP contribution in [-0.4, -0.2) is 25.3 Å². The molecule has 2 rings (SSSR count). The standard InChI is InChI=1S/C12H15NO3/c1-8-3-9(2)5-10(4-8)15-7-11-6-13-12(14)16-11/h3-5,11H,6-7H2,1-2H3,(H,13,14)/i1D3,2D3,3D,4D,5D,6D2,7D2. The largest absolute Gasteiger partial charge is 0.490 e. The van der Waals surface area contributed by atoms with E-state index in [4.69, 9.17) is 22.6 Å². The minimum absolute atomic E-state index is 1.07. The second-order valence-corrected chi connectivity index (χ2v) is 2.73. The summed E-state index contributed by atoms with van der Waals surface area (Å²) < 4.78 is 109. The summed E-state index contributed by atoms with van der Waals surface area (Å²) in [5, 5.41) is 1.69. The van der Waals surface area contributed by atoms with Crippen molar-refractivity contribution in [1.82, 2.24) is 5.32 Å². The van der Waals surface area contributed by atoms with Crippen LogP contribution in [0.1, 0.15) is 28.9 Å². The van der Waals surface area contributed by atoms with Gasteiger partial charge in [0.25, 0.3) is 0 Å². The number of amides is 1. The van der Waals surface area contributed by atoms with E-state index in [0.29, 0.717) is 0 Å². The van der Waals surface area contributed by atoms with E-state index < -0.39 is 74.0 Å². The Labute approximate surface area is 113 Å². The SMILES string of the molecule is [2H]c1c(OC([2H])([2H])C2OC(=O)NC2([2H])[2H])c([2H])c(C([2H])([2H])[2H])c([2H])c1C([2H])([2H])[2H]. The molecule has 86 valence electrons. The van der Waals surface area contributed by atoms with E-state index in [0.717, 1.165) is 0 Å². The predicted molar refractivity (Wildman–Crippen MR) is 59.7 cm³/mol. The number of hydrogen-bond donors (Lipinski definition) is 1. The van der Waals surface area contributed by atoms with Crippen LogP contribution in [-0.2, 0) is 4.74 Å². The minimum Gasteiger partial charge on any atom is -0.490 e. The van der Waals surface area contributed by atoms with Crippen molar-refractivity contribution < 1.29 is 32.1 Å². The molecule has 0 aliphatic carbocycles. The van der Waals surface area contributed by atoms with Gasteiger partial charge in [0.1, 0.15) is 12.3 Å². The number of ether oxygens (including phenoxy) is 2. The molecule has 1 atom stereocenters. The van der Waals surface area contributed by atoms with Crippen molar-refractivity contribution in [2.45, 2.75) is 19.8 Å². The minimum atomic E-state index is -3.24. The fourth-order valence-corrected chi connectivity index (χ4v) is 0.953. The van der Waals surface area contributed by atoms with E-state index in [2.05, 4.69) is 4.74 Å². The maximum Gasteiger partial charge on any atom is 0.407 e. The number of benzene rings is 1. The first kappa shape index (κ1) is 3.15. The summed E-state index contributed by atoms with van der Waals surface area (Å²) in [7, 11) is 0. The molecule has 1 saturated heterocycles. The van der Waals surface area contributed by atoms with Crippen LogP contribution in [0.2, 0.25) is 0 Å². The summed E-state index contributed by atoms with van der Waals surface area (Å²) in [6.07, 6.45) is -3.54. The summed E-state index contributed by atoms with van der Waals surface area (Å²) in [6, 6.07) is -3.36. The van der Waals surface area contributed by atoms with Gasteiger partial charge in [0.2, 0.25) is 0 Å². The second-order valence-electron chi connectivity index (χ2n) is 2.73. The molecule has 4 nitrogen and oxygen atoms in total. The maximum absolute atomic E-state index is 11.3. The molecule has 1 aliphatic rings. The number of cyclic esters (lactones) is 1. The van der Waals surface area contributed by atoms with Crippen LogP contribution >= 0.6 is 0 Å². The molecule has 0 spiro atoms. The monoisotopic (exact) mass is 234 g/mol. The summed E-state index contributed by atoms with van der Waals surface area (Å²) in [4.78, 5) is 11.3. The Morgan fingerprint density at radius 2 is 2.44 bits per heavy atom. The zero-order valence-corrected chi connectivity index (χ0v) is 7.80. The van der Waals surface area contributed by atoms with Crippen LogP contribution in [0.5, 0.6) is 5.75 Å². The maximum atomic E-state index is 11.3. The number of carbonyl (C=O) groups is 1. The fourth-order valence-electron chi connectivity index (χ4n) is 0.953. The molecule has 0 bridgehead atoms. The van der Waals surface area contributed by atoms with Crippen molar-refractivity contribution in [3.8, 4) is 5.75 Å². The third kappa shape index (κ3) is 2.66. The molecule has 1 unspecified atom stereocenters.